The molecule has 0 spiro atoms. The molecule has 5 N–H and O–H groups in total. The average Bonchev–Trinajstić information content (AvgIpc) is 3.58. The lowest BCUT2D eigenvalue weighted by Crippen LogP contribution is -2.30. The number of hydrogen-bond acceptors (Lipinski definition) is 7. The van der Waals surface area contributed by atoms with E-state index >= 15 is 0 Å². The van der Waals surface area contributed by atoms with Crippen LogP contribution in [0, 0.1) is 0 Å². The van der Waals surface area contributed by atoms with Crippen LogP contribution in [0.4, 0.5) is 11.4 Å². The number of hydrogen-bond donors (Lipinski definition) is 4. The third-order valence-corrected chi connectivity index (χ3v) is 9.44. The summed E-state index contributed by atoms with van der Waals surface area (Å²) in [6, 6.07) is 32.3. The molecular formula is C34H28N4O5S3. The molecule has 232 valence electrons. The highest BCUT2D eigenvalue weighted by Gasteiger charge is 2.23. The minimum atomic E-state index is -3.86. The van der Waals surface area contributed by atoms with Gasteiger partial charge in [-0.2, -0.15) is 11.3 Å². The number of thiophene rings is 1. The van der Waals surface area contributed by atoms with Crippen LogP contribution in [-0.4, -0.2) is 26.1 Å². The second kappa shape index (κ2) is 14.8. The van der Waals surface area contributed by atoms with E-state index in [1.165, 1.54) is 47.4 Å². The number of anilines is 2. The van der Waals surface area contributed by atoms with E-state index in [1.807, 2.05) is 47.2 Å². The van der Waals surface area contributed by atoms with E-state index in [4.69, 9.17) is 5.14 Å². The van der Waals surface area contributed by atoms with E-state index in [9.17, 15) is 22.8 Å². The third kappa shape index (κ3) is 8.79. The van der Waals surface area contributed by atoms with Gasteiger partial charge in [-0.3, -0.25) is 14.4 Å². The summed E-state index contributed by atoms with van der Waals surface area (Å²) in [5, 5.41) is 16.7. The lowest BCUT2D eigenvalue weighted by Gasteiger charge is -2.18. The standard InChI is InChI=1S/C34H28N4O5S3/c35-46(42,43)29-17-13-27(14-18-29)37-34(41)31(24-7-3-1-4-8-24)45-28-15-11-26(12-16-28)36-33(40)30(21-23-19-20-44-22-23)38-32(39)25-9-5-2-6-10-25/h1-22,31H,(H,36,40)(H,37,41)(H,38,39)(H2,35,42,43)/b30-21-. The Morgan fingerprint density at radius 1 is 0.761 bits per heavy atom. The molecule has 0 saturated heterocycles. The molecule has 1 aromatic heterocycles. The summed E-state index contributed by atoms with van der Waals surface area (Å²) in [6.07, 6.45) is 1.61. The topological polar surface area (TPSA) is 147 Å². The second-order valence-electron chi connectivity index (χ2n) is 9.88. The average molecular weight is 669 g/mol. The van der Waals surface area contributed by atoms with Gasteiger partial charge in [-0.15, -0.1) is 11.8 Å². The van der Waals surface area contributed by atoms with Gasteiger partial charge in [0.1, 0.15) is 10.9 Å². The maximum Gasteiger partial charge on any atom is 0.272 e. The fraction of sp³-hybridized carbons (Fsp3) is 0.0294. The Balaban J connectivity index is 1.30. The van der Waals surface area contributed by atoms with Crippen LogP contribution in [0.5, 0.6) is 0 Å². The number of nitrogens with two attached hydrogens (primary N) is 1. The maximum atomic E-state index is 13.4. The highest BCUT2D eigenvalue weighted by molar-refractivity contribution is 8.00. The predicted octanol–water partition coefficient (Wildman–Crippen LogP) is 6.28. The SMILES string of the molecule is NS(=O)(=O)c1ccc(NC(=O)C(Sc2ccc(NC(=O)/C(=C/c3ccsc3)NC(=O)c3ccccc3)cc2)c2ccccc2)cc1. The van der Waals surface area contributed by atoms with Crippen LogP contribution >= 0.6 is 23.1 Å². The number of thioether (sulfide) groups is 1. The molecule has 5 aromatic rings. The Morgan fingerprint density at radius 3 is 1.98 bits per heavy atom. The van der Waals surface area contributed by atoms with E-state index in [0.29, 0.717) is 16.9 Å². The normalized spacial score (nSPS) is 12.2. The van der Waals surface area contributed by atoms with Crippen molar-refractivity contribution in [2.45, 2.75) is 15.0 Å². The minimum absolute atomic E-state index is 0.0562. The van der Waals surface area contributed by atoms with Crippen molar-refractivity contribution in [2.24, 2.45) is 5.14 Å². The summed E-state index contributed by atoms with van der Waals surface area (Å²) in [4.78, 5) is 40.3. The van der Waals surface area contributed by atoms with Crippen LogP contribution in [0.2, 0.25) is 0 Å². The molecular weight excluding hydrogens is 641 g/mol. The molecule has 1 heterocycles. The van der Waals surface area contributed by atoms with Crippen molar-refractivity contribution < 1.29 is 22.8 Å². The van der Waals surface area contributed by atoms with E-state index in [2.05, 4.69) is 16.0 Å². The van der Waals surface area contributed by atoms with Crippen LogP contribution < -0.4 is 21.1 Å². The van der Waals surface area contributed by atoms with Crippen LogP contribution in [0.15, 0.2) is 142 Å². The summed E-state index contributed by atoms with van der Waals surface area (Å²) in [5.41, 5.74) is 2.97. The van der Waals surface area contributed by atoms with Crippen molar-refractivity contribution in [1.82, 2.24) is 5.32 Å². The molecule has 1 unspecified atom stereocenters. The van der Waals surface area contributed by atoms with Crippen LogP contribution in [0.25, 0.3) is 6.08 Å². The van der Waals surface area contributed by atoms with Gasteiger partial charge in [0.25, 0.3) is 11.8 Å². The molecule has 0 aliphatic carbocycles. The second-order valence-corrected chi connectivity index (χ2v) is 13.4. The Labute approximate surface area is 274 Å². The van der Waals surface area contributed by atoms with Crippen molar-refractivity contribution in [2.75, 3.05) is 10.6 Å². The number of benzene rings is 4. The lowest BCUT2D eigenvalue weighted by molar-refractivity contribution is -0.116. The first-order chi connectivity index (χ1) is 22.2. The molecule has 0 bridgehead atoms. The molecule has 0 aliphatic rings. The Kier molecular flexibility index (Phi) is 10.5. The number of rotatable bonds is 11. The first-order valence-electron chi connectivity index (χ1n) is 13.8. The summed E-state index contributed by atoms with van der Waals surface area (Å²) < 4.78 is 23.2. The van der Waals surface area contributed by atoms with Gasteiger partial charge in [0.2, 0.25) is 15.9 Å². The van der Waals surface area contributed by atoms with Crippen LogP contribution in [0.1, 0.15) is 26.7 Å². The Morgan fingerprint density at radius 2 is 1.37 bits per heavy atom. The van der Waals surface area contributed by atoms with Gasteiger partial charge in [-0.25, -0.2) is 13.6 Å². The zero-order valence-electron chi connectivity index (χ0n) is 24.1. The molecule has 5 rings (SSSR count). The van der Waals surface area contributed by atoms with E-state index in [-0.39, 0.29) is 16.5 Å². The van der Waals surface area contributed by atoms with Gasteiger partial charge in [0.05, 0.1) is 4.90 Å². The third-order valence-electron chi connectivity index (χ3n) is 6.54. The van der Waals surface area contributed by atoms with Crippen molar-refractivity contribution >= 4 is 68.3 Å². The van der Waals surface area contributed by atoms with Crippen LogP contribution in [-0.2, 0) is 19.6 Å². The highest BCUT2D eigenvalue weighted by atomic mass is 32.2. The lowest BCUT2D eigenvalue weighted by atomic mass is 10.1. The summed E-state index contributed by atoms with van der Waals surface area (Å²) >= 11 is 2.79. The van der Waals surface area contributed by atoms with Crippen molar-refractivity contribution in [3.63, 3.8) is 0 Å². The molecule has 0 fully saturated rings. The summed E-state index contributed by atoms with van der Waals surface area (Å²) in [6.45, 7) is 0. The predicted molar refractivity (Wildman–Crippen MR) is 183 cm³/mol. The van der Waals surface area contributed by atoms with Gasteiger partial charge in [0, 0.05) is 21.8 Å². The molecule has 1 atom stereocenters. The number of carbonyl (C=O) groups is 3. The monoisotopic (exact) mass is 668 g/mol. The van der Waals surface area contributed by atoms with E-state index < -0.39 is 27.1 Å². The number of amides is 3. The van der Waals surface area contributed by atoms with Gasteiger partial charge in [0.15, 0.2) is 0 Å². The highest BCUT2D eigenvalue weighted by Crippen LogP contribution is 2.37. The smallest absolute Gasteiger partial charge is 0.272 e. The van der Waals surface area contributed by atoms with Crippen molar-refractivity contribution in [3.8, 4) is 0 Å². The molecule has 0 aliphatic heterocycles. The van der Waals surface area contributed by atoms with Crippen molar-refractivity contribution in [3.05, 3.63) is 148 Å². The summed E-state index contributed by atoms with van der Waals surface area (Å²) in [5.74, 6) is -1.21. The first kappa shape index (κ1) is 32.4. The zero-order valence-corrected chi connectivity index (χ0v) is 26.6. The van der Waals surface area contributed by atoms with Crippen molar-refractivity contribution in [1.29, 1.82) is 0 Å². The number of carbonyl (C=O) groups excluding carboxylic acids is 3. The quantitative estimate of drug-likeness (QED) is 0.0963. The van der Waals surface area contributed by atoms with Gasteiger partial charge in [-0.1, -0.05) is 48.5 Å². The first-order valence-corrected chi connectivity index (χ1v) is 17.2. The van der Waals surface area contributed by atoms with Gasteiger partial charge in [-0.05, 0) is 94.7 Å². The Hall–Kier alpha value is -5.01. The number of sulfonamides is 1. The molecule has 0 radical (unpaired) electrons. The van der Waals surface area contributed by atoms with E-state index in [0.717, 1.165) is 16.0 Å². The molecule has 3 amide bonds. The number of nitrogens with one attached hydrogen (secondary N) is 3. The fourth-order valence-electron chi connectivity index (χ4n) is 4.25. The maximum absolute atomic E-state index is 13.4. The van der Waals surface area contributed by atoms with Gasteiger partial charge < -0.3 is 16.0 Å². The van der Waals surface area contributed by atoms with Gasteiger partial charge >= 0.3 is 0 Å². The fourth-order valence-corrected chi connectivity index (χ4v) is 6.41. The number of primary sulfonamides is 1. The molecule has 9 nitrogen and oxygen atoms in total. The molecule has 0 saturated carbocycles. The zero-order chi connectivity index (χ0) is 32.5. The Bertz CT molecular complexity index is 1950. The minimum Gasteiger partial charge on any atom is -0.325 e. The largest absolute Gasteiger partial charge is 0.325 e. The summed E-state index contributed by atoms with van der Waals surface area (Å²) in [7, 11) is -3.86. The molecule has 4 aromatic carbocycles. The molecule has 12 heteroatoms. The van der Waals surface area contributed by atoms with Crippen LogP contribution in [0.3, 0.4) is 0 Å². The van der Waals surface area contributed by atoms with E-state index in [1.54, 1.807) is 60.7 Å². The molecule has 46 heavy (non-hydrogen) atoms.